The van der Waals surface area contributed by atoms with Crippen LogP contribution in [0, 0.1) is 6.92 Å². The van der Waals surface area contributed by atoms with Crippen LogP contribution in [0.2, 0.25) is 5.02 Å². The first-order chi connectivity index (χ1) is 9.70. The zero-order valence-electron chi connectivity index (χ0n) is 12.1. The van der Waals surface area contributed by atoms with Gasteiger partial charge < -0.3 is 5.32 Å². The number of rotatable bonds is 6. The van der Waals surface area contributed by atoms with E-state index in [1.54, 1.807) is 0 Å². The minimum atomic E-state index is 0.752. The van der Waals surface area contributed by atoms with Gasteiger partial charge in [0, 0.05) is 22.8 Å². The Morgan fingerprint density at radius 2 is 1.85 bits per heavy atom. The zero-order valence-corrected chi connectivity index (χ0v) is 12.9. The number of aryl methyl sites for hydroxylation is 1. The zero-order chi connectivity index (χ0) is 14.4. The van der Waals surface area contributed by atoms with Gasteiger partial charge in [0.25, 0.3) is 0 Å². The van der Waals surface area contributed by atoms with Gasteiger partial charge in [0.15, 0.2) is 0 Å². The molecule has 0 aliphatic rings. The van der Waals surface area contributed by atoms with E-state index in [2.05, 4.69) is 36.3 Å². The minimum absolute atomic E-state index is 0.752. The number of nitrogens with one attached hydrogen (secondary N) is 1. The Balaban J connectivity index is 2.07. The largest absolute Gasteiger partial charge is 0.313 e. The quantitative estimate of drug-likeness (QED) is 0.786. The number of pyridine rings is 1. The van der Waals surface area contributed by atoms with E-state index in [0.717, 1.165) is 35.1 Å². The summed E-state index contributed by atoms with van der Waals surface area (Å²) in [6.07, 6.45) is 2.44. The van der Waals surface area contributed by atoms with E-state index >= 15 is 0 Å². The van der Waals surface area contributed by atoms with Gasteiger partial charge in [-0.3, -0.25) is 4.98 Å². The molecule has 0 saturated carbocycles. The van der Waals surface area contributed by atoms with Crippen molar-refractivity contribution < 1.29 is 0 Å². The maximum Gasteiger partial charge on any atom is 0.0705 e. The number of hydrogen-bond donors (Lipinski definition) is 1. The molecule has 0 spiro atoms. The highest BCUT2D eigenvalue weighted by atomic mass is 35.5. The Labute approximate surface area is 126 Å². The third-order valence-corrected chi connectivity index (χ3v) is 3.61. The molecule has 3 heteroatoms. The van der Waals surface area contributed by atoms with E-state index in [-0.39, 0.29) is 0 Å². The van der Waals surface area contributed by atoms with E-state index in [4.69, 9.17) is 11.6 Å². The minimum Gasteiger partial charge on any atom is -0.313 e. The smallest absolute Gasteiger partial charge is 0.0705 e. The first-order valence-corrected chi connectivity index (χ1v) is 7.51. The summed E-state index contributed by atoms with van der Waals surface area (Å²) >= 11 is 5.91. The van der Waals surface area contributed by atoms with Gasteiger partial charge in [0.2, 0.25) is 0 Å². The summed E-state index contributed by atoms with van der Waals surface area (Å²) in [6, 6.07) is 12.0. The van der Waals surface area contributed by atoms with Gasteiger partial charge in [-0.1, -0.05) is 43.1 Å². The molecule has 1 aromatic carbocycles. The number of halogens is 1. The highest BCUT2D eigenvalue weighted by molar-refractivity contribution is 6.30. The van der Waals surface area contributed by atoms with Crippen LogP contribution < -0.4 is 5.32 Å². The lowest BCUT2D eigenvalue weighted by molar-refractivity contribution is 0.638. The molecule has 0 unspecified atom stereocenters. The van der Waals surface area contributed by atoms with Crippen molar-refractivity contribution in [1.82, 2.24) is 10.3 Å². The van der Waals surface area contributed by atoms with Crippen molar-refractivity contribution >= 4 is 11.6 Å². The highest BCUT2D eigenvalue weighted by Gasteiger charge is 2.04. The molecule has 0 fully saturated rings. The second-order valence-corrected chi connectivity index (χ2v) is 5.41. The van der Waals surface area contributed by atoms with Crippen molar-refractivity contribution in [2.75, 3.05) is 6.54 Å². The molecule has 2 rings (SSSR count). The molecule has 1 N–H and O–H groups in total. The number of nitrogens with zero attached hydrogens (tertiary/aromatic N) is 1. The lowest BCUT2D eigenvalue weighted by Crippen LogP contribution is -2.15. The van der Waals surface area contributed by atoms with E-state index < -0.39 is 0 Å². The highest BCUT2D eigenvalue weighted by Crippen LogP contribution is 2.21. The number of hydrogen-bond acceptors (Lipinski definition) is 2. The van der Waals surface area contributed by atoms with Crippen molar-refractivity contribution in [3.05, 3.63) is 52.7 Å². The van der Waals surface area contributed by atoms with Crippen LogP contribution in [-0.4, -0.2) is 11.5 Å². The van der Waals surface area contributed by atoms with Crippen LogP contribution in [0.3, 0.4) is 0 Å². The first-order valence-electron chi connectivity index (χ1n) is 7.14. The van der Waals surface area contributed by atoms with Crippen LogP contribution in [0.1, 0.15) is 31.0 Å². The molecule has 2 aromatic rings. The summed E-state index contributed by atoms with van der Waals surface area (Å²) in [6.45, 7) is 6.22. The molecular weight excluding hydrogens is 268 g/mol. The fraction of sp³-hybridized carbons (Fsp3) is 0.353. The van der Waals surface area contributed by atoms with Crippen molar-refractivity contribution in [2.45, 2.75) is 33.2 Å². The Hall–Kier alpha value is -1.38. The molecule has 2 nitrogen and oxygen atoms in total. The molecule has 0 radical (unpaired) electrons. The maximum atomic E-state index is 5.91. The van der Waals surface area contributed by atoms with Gasteiger partial charge in [0.05, 0.1) is 5.69 Å². The number of unbranched alkanes of at least 4 members (excludes halogenated alkanes) is 1. The summed E-state index contributed by atoms with van der Waals surface area (Å²) in [7, 11) is 0. The summed E-state index contributed by atoms with van der Waals surface area (Å²) < 4.78 is 0. The van der Waals surface area contributed by atoms with Crippen LogP contribution in [0.15, 0.2) is 36.4 Å². The molecule has 1 heterocycles. The molecule has 0 amide bonds. The normalized spacial score (nSPS) is 10.8. The number of aromatic nitrogens is 1. The van der Waals surface area contributed by atoms with Gasteiger partial charge >= 0.3 is 0 Å². The molecule has 20 heavy (non-hydrogen) atoms. The maximum absolute atomic E-state index is 5.91. The van der Waals surface area contributed by atoms with Crippen LogP contribution >= 0.6 is 11.6 Å². The lowest BCUT2D eigenvalue weighted by Gasteiger charge is -2.09. The molecule has 0 aliphatic carbocycles. The third-order valence-electron chi connectivity index (χ3n) is 3.36. The van der Waals surface area contributed by atoms with Crippen LogP contribution in [0.5, 0.6) is 0 Å². The summed E-state index contributed by atoms with van der Waals surface area (Å²) in [5.41, 5.74) is 4.44. The van der Waals surface area contributed by atoms with Crippen molar-refractivity contribution in [2.24, 2.45) is 0 Å². The Morgan fingerprint density at radius 3 is 2.50 bits per heavy atom. The van der Waals surface area contributed by atoms with Gasteiger partial charge in [0.1, 0.15) is 0 Å². The van der Waals surface area contributed by atoms with Crippen LogP contribution in [-0.2, 0) is 6.54 Å². The SMILES string of the molecule is CCCCNCc1ccc(-c2ccc(Cl)cc2)nc1C. The second kappa shape index (κ2) is 7.41. The van der Waals surface area contributed by atoms with Crippen molar-refractivity contribution in [3.8, 4) is 11.3 Å². The summed E-state index contributed by atoms with van der Waals surface area (Å²) in [4.78, 5) is 4.69. The number of benzene rings is 1. The average molecular weight is 289 g/mol. The van der Waals surface area contributed by atoms with E-state index in [1.165, 1.54) is 18.4 Å². The van der Waals surface area contributed by atoms with Gasteiger partial charge in [-0.25, -0.2) is 0 Å². The average Bonchev–Trinajstić information content (AvgIpc) is 2.46. The summed E-state index contributed by atoms with van der Waals surface area (Å²) in [5, 5.41) is 4.20. The second-order valence-electron chi connectivity index (χ2n) is 4.98. The molecule has 0 atom stereocenters. The summed E-state index contributed by atoms with van der Waals surface area (Å²) in [5.74, 6) is 0. The topological polar surface area (TPSA) is 24.9 Å². The third kappa shape index (κ3) is 4.06. The van der Waals surface area contributed by atoms with Gasteiger partial charge in [-0.15, -0.1) is 0 Å². The lowest BCUT2D eigenvalue weighted by atomic mass is 10.1. The van der Waals surface area contributed by atoms with E-state index in [9.17, 15) is 0 Å². The fourth-order valence-electron chi connectivity index (χ4n) is 2.08. The molecule has 0 bridgehead atoms. The molecular formula is C17H21ClN2. The predicted molar refractivity (Wildman–Crippen MR) is 86.0 cm³/mol. The van der Waals surface area contributed by atoms with Crippen LogP contribution in [0.25, 0.3) is 11.3 Å². The van der Waals surface area contributed by atoms with Crippen LogP contribution in [0.4, 0.5) is 0 Å². The molecule has 106 valence electrons. The predicted octanol–water partition coefficient (Wildman–Crippen LogP) is 4.60. The van der Waals surface area contributed by atoms with Gasteiger partial charge in [-0.2, -0.15) is 0 Å². The monoisotopic (exact) mass is 288 g/mol. The fourth-order valence-corrected chi connectivity index (χ4v) is 2.21. The van der Waals surface area contributed by atoms with E-state index in [0.29, 0.717) is 0 Å². The Kier molecular flexibility index (Phi) is 5.57. The van der Waals surface area contributed by atoms with Crippen molar-refractivity contribution in [1.29, 1.82) is 0 Å². The Bertz CT molecular complexity index is 549. The first kappa shape index (κ1) is 15.0. The molecule has 0 aliphatic heterocycles. The van der Waals surface area contributed by atoms with Crippen molar-refractivity contribution in [3.63, 3.8) is 0 Å². The van der Waals surface area contributed by atoms with Gasteiger partial charge in [-0.05, 0) is 43.7 Å². The standard InChI is InChI=1S/C17H21ClN2/c1-3-4-11-19-12-15-7-10-17(20-13(15)2)14-5-8-16(18)9-6-14/h5-10,19H,3-4,11-12H2,1-2H3. The molecule has 0 saturated heterocycles. The Morgan fingerprint density at radius 1 is 1.10 bits per heavy atom. The van der Waals surface area contributed by atoms with E-state index in [1.807, 2.05) is 24.3 Å². The molecule has 1 aromatic heterocycles.